The Balaban J connectivity index is 1.62. The molecule has 4 N–H and O–H groups in total. The number of carbonyl (C=O) groups is 2. The highest BCUT2D eigenvalue weighted by molar-refractivity contribution is 7.99. The van der Waals surface area contributed by atoms with Gasteiger partial charge in [0.25, 0.3) is 5.91 Å². The standard InChI is InChI=1S/C16H23N3O2S/c17-16(21)13-5-4-9-19(11-13)12-15(20)18-8-10-22-14-6-2-1-3-7-14/h1-3,6-7,13H,4-5,8-12H2,(H2,17,21)(H,18,20)/p+1/t13-/m1/s1. The van der Waals surface area contributed by atoms with E-state index in [9.17, 15) is 9.59 Å². The molecule has 0 aliphatic carbocycles. The molecule has 1 heterocycles. The molecule has 5 nitrogen and oxygen atoms in total. The molecule has 6 heteroatoms. The second-order valence-corrected chi connectivity index (χ2v) is 6.80. The molecule has 0 bridgehead atoms. The van der Waals surface area contributed by atoms with E-state index in [2.05, 4.69) is 17.4 Å². The third-order valence-electron chi connectivity index (χ3n) is 3.87. The van der Waals surface area contributed by atoms with Crippen LogP contribution in [0.1, 0.15) is 12.8 Å². The molecule has 0 spiro atoms. The van der Waals surface area contributed by atoms with Gasteiger partial charge in [-0.2, -0.15) is 0 Å². The lowest BCUT2D eigenvalue weighted by Crippen LogP contribution is -3.15. The monoisotopic (exact) mass is 322 g/mol. The Labute approximate surface area is 135 Å². The highest BCUT2D eigenvalue weighted by atomic mass is 32.2. The fraction of sp³-hybridized carbons (Fsp3) is 0.500. The van der Waals surface area contributed by atoms with Gasteiger partial charge in [-0.1, -0.05) is 18.2 Å². The van der Waals surface area contributed by atoms with Gasteiger partial charge in [0.2, 0.25) is 5.91 Å². The summed E-state index contributed by atoms with van der Waals surface area (Å²) < 4.78 is 0. The first-order valence-corrected chi connectivity index (χ1v) is 8.71. The van der Waals surface area contributed by atoms with Crippen molar-refractivity contribution in [3.8, 4) is 0 Å². The lowest BCUT2D eigenvalue weighted by Gasteiger charge is -2.27. The minimum Gasteiger partial charge on any atom is -0.369 e. The van der Waals surface area contributed by atoms with Crippen LogP contribution in [0.2, 0.25) is 0 Å². The number of piperidine rings is 1. The molecule has 1 aliphatic rings. The van der Waals surface area contributed by atoms with Crippen molar-refractivity contribution in [2.45, 2.75) is 17.7 Å². The molecular weight excluding hydrogens is 298 g/mol. The molecule has 1 unspecified atom stereocenters. The average Bonchev–Trinajstić information content (AvgIpc) is 2.53. The number of quaternary nitrogens is 1. The van der Waals surface area contributed by atoms with Crippen LogP contribution in [0.25, 0.3) is 0 Å². The van der Waals surface area contributed by atoms with E-state index >= 15 is 0 Å². The topological polar surface area (TPSA) is 76.6 Å². The van der Waals surface area contributed by atoms with Crippen molar-refractivity contribution < 1.29 is 14.5 Å². The van der Waals surface area contributed by atoms with E-state index in [1.54, 1.807) is 11.8 Å². The molecule has 120 valence electrons. The van der Waals surface area contributed by atoms with Crippen molar-refractivity contribution >= 4 is 23.6 Å². The van der Waals surface area contributed by atoms with Gasteiger partial charge in [-0.3, -0.25) is 9.59 Å². The van der Waals surface area contributed by atoms with Gasteiger partial charge in [-0.15, -0.1) is 11.8 Å². The molecule has 2 rings (SSSR count). The summed E-state index contributed by atoms with van der Waals surface area (Å²) in [5.74, 6) is 0.588. The average molecular weight is 322 g/mol. The Kier molecular flexibility index (Phi) is 6.74. The minimum atomic E-state index is -0.239. The maximum absolute atomic E-state index is 11.9. The second-order valence-electron chi connectivity index (χ2n) is 5.63. The lowest BCUT2D eigenvalue weighted by atomic mass is 9.97. The molecule has 2 atom stereocenters. The quantitative estimate of drug-likeness (QED) is 0.475. The number of rotatable bonds is 7. The minimum absolute atomic E-state index is 0.0498. The maximum Gasteiger partial charge on any atom is 0.275 e. The predicted molar refractivity (Wildman–Crippen MR) is 87.7 cm³/mol. The van der Waals surface area contributed by atoms with Crippen LogP contribution in [0.4, 0.5) is 0 Å². The van der Waals surface area contributed by atoms with Crippen molar-refractivity contribution in [1.29, 1.82) is 0 Å². The molecule has 22 heavy (non-hydrogen) atoms. The van der Waals surface area contributed by atoms with E-state index in [1.807, 2.05) is 18.2 Å². The number of hydrogen-bond acceptors (Lipinski definition) is 3. The van der Waals surface area contributed by atoms with Crippen molar-refractivity contribution in [3.63, 3.8) is 0 Å². The highest BCUT2D eigenvalue weighted by Gasteiger charge is 2.28. The van der Waals surface area contributed by atoms with Crippen LogP contribution >= 0.6 is 11.8 Å². The first kappa shape index (κ1) is 16.8. The molecule has 1 aliphatic heterocycles. The number of amides is 2. The van der Waals surface area contributed by atoms with Gasteiger partial charge in [0.15, 0.2) is 6.54 Å². The van der Waals surface area contributed by atoms with Crippen LogP contribution in [0.5, 0.6) is 0 Å². The summed E-state index contributed by atoms with van der Waals surface area (Å²) in [6.07, 6.45) is 1.81. The Bertz CT molecular complexity index is 495. The van der Waals surface area contributed by atoms with Gasteiger partial charge in [0.05, 0.1) is 19.0 Å². The van der Waals surface area contributed by atoms with Gasteiger partial charge < -0.3 is 16.0 Å². The van der Waals surface area contributed by atoms with Crippen LogP contribution in [0, 0.1) is 5.92 Å². The molecule has 1 aromatic rings. The van der Waals surface area contributed by atoms with Gasteiger partial charge in [-0.25, -0.2) is 0 Å². The van der Waals surface area contributed by atoms with Crippen molar-refractivity contribution in [3.05, 3.63) is 30.3 Å². The second kappa shape index (κ2) is 8.80. The third-order valence-corrected chi connectivity index (χ3v) is 4.88. The number of nitrogens with two attached hydrogens (primary N) is 1. The molecule has 0 saturated carbocycles. The fourth-order valence-corrected chi connectivity index (χ4v) is 3.51. The van der Waals surface area contributed by atoms with E-state index in [0.717, 1.165) is 30.0 Å². The Hall–Kier alpha value is -1.53. The summed E-state index contributed by atoms with van der Waals surface area (Å²) in [7, 11) is 0. The number of primary amides is 1. The lowest BCUT2D eigenvalue weighted by molar-refractivity contribution is -0.899. The number of thioether (sulfide) groups is 1. The van der Waals surface area contributed by atoms with Crippen molar-refractivity contribution in [2.75, 3.05) is 31.9 Å². The molecule has 0 radical (unpaired) electrons. The van der Waals surface area contributed by atoms with E-state index in [0.29, 0.717) is 19.6 Å². The van der Waals surface area contributed by atoms with Gasteiger partial charge in [-0.05, 0) is 25.0 Å². The normalized spacial score (nSPS) is 21.3. The van der Waals surface area contributed by atoms with Crippen LogP contribution in [-0.4, -0.2) is 43.7 Å². The Morgan fingerprint density at radius 1 is 1.32 bits per heavy atom. The zero-order valence-corrected chi connectivity index (χ0v) is 13.5. The molecule has 0 aromatic heterocycles. The summed E-state index contributed by atoms with van der Waals surface area (Å²) in [6.45, 7) is 2.71. The van der Waals surface area contributed by atoms with Crippen molar-refractivity contribution in [2.24, 2.45) is 11.7 Å². The van der Waals surface area contributed by atoms with Gasteiger partial charge >= 0.3 is 0 Å². The third kappa shape index (κ3) is 5.69. The molecule has 1 saturated heterocycles. The zero-order chi connectivity index (χ0) is 15.8. The molecule has 1 aromatic carbocycles. The maximum atomic E-state index is 11.9. The fourth-order valence-electron chi connectivity index (χ4n) is 2.72. The number of likely N-dealkylation sites (tertiary alicyclic amines) is 1. The summed E-state index contributed by atoms with van der Waals surface area (Å²) in [4.78, 5) is 25.5. The number of benzene rings is 1. The summed E-state index contributed by atoms with van der Waals surface area (Å²) in [6, 6.07) is 10.1. The molecule has 1 fully saturated rings. The largest absolute Gasteiger partial charge is 0.369 e. The molecule has 2 amide bonds. The van der Waals surface area contributed by atoms with E-state index < -0.39 is 0 Å². The number of nitrogens with one attached hydrogen (secondary N) is 2. The zero-order valence-electron chi connectivity index (χ0n) is 12.7. The first-order chi connectivity index (χ1) is 10.6. The number of carbonyl (C=O) groups excluding carboxylic acids is 2. The summed E-state index contributed by atoms with van der Waals surface area (Å²) in [5, 5.41) is 2.95. The SMILES string of the molecule is NC(=O)[C@@H]1CCC[NH+](CC(=O)NCCSc2ccccc2)C1. The smallest absolute Gasteiger partial charge is 0.275 e. The van der Waals surface area contributed by atoms with E-state index in [4.69, 9.17) is 5.73 Å². The molecular formula is C16H24N3O2S+. The Morgan fingerprint density at radius 2 is 2.09 bits per heavy atom. The van der Waals surface area contributed by atoms with Gasteiger partial charge in [0.1, 0.15) is 0 Å². The van der Waals surface area contributed by atoms with Crippen LogP contribution in [0.3, 0.4) is 0 Å². The van der Waals surface area contributed by atoms with Crippen molar-refractivity contribution in [1.82, 2.24) is 5.32 Å². The first-order valence-electron chi connectivity index (χ1n) is 7.72. The van der Waals surface area contributed by atoms with Gasteiger partial charge in [0, 0.05) is 17.2 Å². The summed E-state index contributed by atoms with van der Waals surface area (Å²) >= 11 is 1.73. The Morgan fingerprint density at radius 3 is 2.82 bits per heavy atom. The number of hydrogen-bond donors (Lipinski definition) is 3. The summed E-state index contributed by atoms with van der Waals surface area (Å²) in [5.41, 5.74) is 5.36. The van der Waals surface area contributed by atoms with Crippen LogP contribution < -0.4 is 16.0 Å². The van der Waals surface area contributed by atoms with E-state index in [-0.39, 0.29) is 17.7 Å². The van der Waals surface area contributed by atoms with Crippen LogP contribution in [-0.2, 0) is 9.59 Å². The van der Waals surface area contributed by atoms with E-state index in [1.165, 1.54) is 4.90 Å². The highest BCUT2D eigenvalue weighted by Crippen LogP contribution is 2.15. The van der Waals surface area contributed by atoms with Crippen LogP contribution in [0.15, 0.2) is 35.2 Å². The predicted octanol–water partition coefficient (Wildman–Crippen LogP) is -0.325.